The van der Waals surface area contributed by atoms with Crippen molar-refractivity contribution in [3.8, 4) is 5.75 Å². The van der Waals surface area contributed by atoms with Crippen molar-refractivity contribution in [2.24, 2.45) is 0 Å². The number of allylic oxidation sites excluding steroid dienone is 1. The molecule has 0 aliphatic heterocycles. The highest BCUT2D eigenvalue weighted by Gasteiger charge is 2.04. The number of ketones is 1. The predicted molar refractivity (Wildman–Crippen MR) is 51.9 cm³/mol. The molecule has 0 unspecified atom stereocenters. The van der Waals surface area contributed by atoms with Gasteiger partial charge in [-0.2, -0.15) is 0 Å². The van der Waals surface area contributed by atoms with Crippen LogP contribution in [0.1, 0.15) is 10.4 Å². The SMILES string of the molecule is C=CC(=O)c1ccc(N)c(OC)c1. The minimum atomic E-state index is -0.140. The van der Waals surface area contributed by atoms with E-state index in [1.165, 1.54) is 13.2 Å². The number of nitrogens with two attached hydrogens (primary N) is 1. The standard InChI is InChI=1S/C10H11NO2/c1-3-9(12)7-4-5-8(11)10(6-7)13-2/h3-6H,1,11H2,2H3. The number of benzene rings is 1. The van der Waals surface area contributed by atoms with Gasteiger partial charge in [0, 0.05) is 5.56 Å². The number of rotatable bonds is 3. The van der Waals surface area contributed by atoms with E-state index in [0.717, 1.165) is 0 Å². The van der Waals surface area contributed by atoms with Crippen molar-refractivity contribution in [2.75, 3.05) is 12.8 Å². The van der Waals surface area contributed by atoms with E-state index in [1.54, 1.807) is 18.2 Å². The summed E-state index contributed by atoms with van der Waals surface area (Å²) in [5, 5.41) is 0. The van der Waals surface area contributed by atoms with Gasteiger partial charge in [0.1, 0.15) is 5.75 Å². The smallest absolute Gasteiger partial charge is 0.185 e. The lowest BCUT2D eigenvalue weighted by Crippen LogP contribution is -1.97. The van der Waals surface area contributed by atoms with E-state index in [2.05, 4.69) is 6.58 Å². The first-order valence-corrected chi connectivity index (χ1v) is 3.79. The van der Waals surface area contributed by atoms with Gasteiger partial charge in [-0.05, 0) is 24.3 Å². The second-order valence-electron chi connectivity index (χ2n) is 2.53. The number of carbonyl (C=O) groups is 1. The van der Waals surface area contributed by atoms with Gasteiger partial charge in [0.15, 0.2) is 5.78 Å². The maximum Gasteiger partial charge on any atom is 0.185 e. The first kappa shape index (κ1) is 9.32. The summed E-state index contributed by atoms with van der Waals surface area (Å²) in [6.07, 6.45) is 1.25. The van der Waals surface area contributed by atoms with Gasteiger partial charge in [0.2, 0.25) is 0 Å². The molecule has 0 heterocycles. The largest absolute Gasteiger partial charge is 0.495 e. The van der Waals surface area contributed by atoms with Crippen LogP contribution in [-0.4, -0.2) is 12.9 Å². The molecule has 0 bridgehead atoms. The van der Waals surface area contributed by atoms with E-state index < -0.39 is 0 Å². The Morgan fingerprint density at radius 1 is 1.62 bits per heavy atom. The molecule has 3 nitrogen and oxygen atoms in total. The number of anilines is 1. The summed E-state index contributed by atoms with van der Waals surface area (Å²) in [5.74, 6) is 0.367. The fraction of sp³-hybridized carbons (Fsp3) is 0.100. The van der Waals surface area contributed by atoms with Gasteiger partial charge in [0.05, 0.1) is 12.8 Å². The monoisotopic (exact) mass is 177 g/mol. The Labute approximate surface area is 76.8 Å². The van der Waals surface area contributed by atoms with Crippen LogP contribution < -0.4 is 10.5 Å². The molecule has 0 radical (unpaired) electrons. The molecule has 1 rings (SSSR count). The molecular formula is C10H11NO2. The lowest BCUT2D eigenvalue weighted by Gasteiger charge is -2.04. The summed E-state index contributed by atoms with van der Waals surface area (Å²) < 4.78 is 4.97. The molecule has 0 fully saturated rings. The highest BCUT2D eigenvalue weighted by molar-refractivity contribution is 6.04. The van der Waals surface area contributed by atoms with Gasteiger partial charge in [-0.15, -0.1) is 0 Å². The maximum absolute atomic E-state index is 11.2. The number of methoxy groups -OCH3 is 1. The summed E-state index contributed by atoms with van der Waals surface area (Å²) >= 11 is 0. The van der Waals surface area contributed by atoms with E-state index in [0.29, 0.717) is 17.0 Å². The molecule has 0 saturated carbocycles. The molecule has 0 saturated heterocycles. The number of hydrogen-bond acceptors (Lipinski definition) is 3. The van der Waals surface area contributed by atoms with Crippen molar-refractivity contribution in [2.45, 2.75) is 0 Å². The number of carbonyl (C=O) groups excluding carboxylic acids is 1. The third-order valence-corrected chi connectivity index (χ3v) is 1.70. The fourth-order valence-corrected chi connectivity index (χ4v) is 0.982. The van der Waals surface area contributed by atoms with Gasteiger partial charge >= 0.3 is 0 Å². The van der Waals surface area contributed by atoms with Crippen LogP contribution in [-0.2, 0) is 0 Å². The van der Waals surface area contributed by atoms with Crippen molar-refractivity contribution in [1.82, 2.24) is 0 Å². The molecule has 0 aliphatic rings. The first-order chi connectivity index (χ1) is 6.19. The average molecular weight is 177 g/mol. The van der Waals surface area contributed by atoms with E-state index in [4.69, 9.17) is 10.5 Å². The zero-order valence-corrected chi connectivity index (χ0v) is 7.41. The second kappa shape index (κ2) is 3.76. The average Bonchev–Trinajstić information content (AvgIpc) is 2.17. The van der Waals surface area contributed by atoms with Crippen molar-refractivity contribution < 1.29 is 9.53 Å². The summed E-state index contributed by atoms with van der Waals surface area (Å²) in [4.78, 5) is 11.2. The Kier molecular flexibility index (Phi) is 2.69. The van der Waals surface area contributed by atoms with Crippen LogP contribution in [0.3, 0.4) is 0 Å². The molecular weight excluding hydrogens is 166 g/mol. The quantitative estimate of drug-likeness (QED) is 0.434. The fourth-order valence-electron chi connectivity index (χ4n) is 0.982. The van der Waals surface area contributed by atoms with E-state index in [9.17, 15) is 4.79 Å². The van der Waals surface area contributed by atoms with Crippen LogP contribution in [0.15, 0.2) is 30.9 Å². The molecule has 0 aliphatic carbocycles. The van der Waals surface area contributed by atoms with Gasteiger partial charge in [-0.3, -0.25) is 4.79 Å². The zero-order chi connectivity index (χ0) is 9.84. The Morgan fingerprint density at radius 2 is 2.31 bits per heavy atom. The van der Waals surface area contributed by atoms with Crippen LogP contribution in [0.2, 0.25) is 0 Å². The predicted octanol–water partition coefficient (Wildman–Crippen LogP) is 1.65. The van der Waals surface area contributed by atoms with Crippen LogP contribution >= 0.6 is 0 Å². The normalized spacial score (nSPS) is 9.31. The van der Waals surface area contributed by atoms with E-state index in [1.807, 2.05) is 0 Å². The van der Waals surface area contributed by atoms with Crippen molar-refractivity contribution in [1.29, 1.82) is 0 Å². The Morgan fingerprint density at radius 3 is 2.85 bits per heavy atom. The zero-order valence-electron chi connectivity index (χ0n) is 7.41. The van der Waals surface area contributed by atoms with Crippen LogP contribution in [0.5, 0.6) is 5.75 Å². The molecule has 0 amide bonds. The lowest BCUT2D eigenvalue weighted by molar-refractivity contribution is 0.104. The third-order valence-electron chi connectivity index (χ3n) is 1.70. The summed E-state index contributed by atoms with van der Waals surface area (Å²) in [6, 6.07) is 4.87. The van der Waals surface area contributed by atoms with Crippen LogP contribution in [0.4, 0.5) is 5.69 Å². The highest BCUT2D eigenvalue weighted by atomic mass is 16.5. The van der Waals surface area contributed by atoms with Gasteiger partial charge in [-0.1, -0.05) is 6.58 Å². The Balaban J connectivity index is 3.13. The highest BCUT2D eigenvalue weighted by Crippen LogP contribution is 2.22. The topological polar surface area (TPSA) is 52.3 Å². The lowest BCUT2D eigenvalue weighted by atomic mass is 10.1. The molecule has 0 atom stereocenters. The van der Waals surface area contributed by atoms with Gasteiger partial charge < -0.3 is 10.5 Å². The minimum Gasteiger partial charge on any atom is -0.495 e. The Bertz CT molecular complexity index is 345. The molecule has 0 aromatic heterocycles. The molecule has 0 spiro atoms. The van der Waals surface area contributed by atoms with Crippen LogP contribution in [0.25, 0.3) is 0 Å². The van der Waals surface area contributed by atoms with Crippen molar-refractivity contribution in [3.63, 3.8) is 0 Å². The molecule has 68 valence electrons. The van der Waals surface area contributed by atoms with Gasteiger partial charge in [0.25, 0.3) is 0 Å². The minimum absolute atomic E-state index is 0.140. The molecule has 1 aromatic carbocycles. The third kappa shape index (κ3) is 1.87. The maximum atomic E-state index is 11.2. The van der Waals surface area contributed by atoms with E-state index >= 15 is 0 Å². The molecule has 1 aromatic rings. The van der Waals surface area contributed by atoms with Crippen molar-refractivity contribution >= 4 is 11.5 Å². The van der Waals surface area contributed by atoms with Gasteiger partial charge in [-0.25, -0.2) is 0 Å². The summed E-state index contributed by atoms with van der Waals surface area (Å²) in [7, 11) is 1.51. The van der Waals surface area contributed by atoms with Crippen molar-refractivity contribution in [3.05, 3.63) is 36.4 Å². The molecule has 2 N–H and O–H groups in total. The molecule has 13 heavy (non-hydrogen) atoms. The summed E-state index contributed by atoms with van der Waals surface area (Å²) in [6.45, 7) is 3.39. The Hall–Kier alpha value is -1.77. The molecule has 3 heteroatoms. The van der Waals surface area contributed by atoms with Crippen LogP contribution in [0, 0.1) is 0 Å². The second-order valence-corrected chi connectivity index (χ2v) is 2.53. The van der Waals surface area contributed by atoms with E-state index in [-0.39, 0.29) is 5.78 Å². The number of ether oxygens (including phenoxy) is 1. The number of hydrogen-bond donors (Lipinski definition) is 1. The first-order valence-electron chi connectivity index (χ1n) is 3.79. The summed E-state index contributed by atoms with van der Waals surface area (Å²) in [5.41, 5.74) is 6.62. The number of nitrogen functional groups attached to an aromatic ring is 1.